The highest BCUT2D eigenvalue weighted by molar-refractivity contribution is 8.93. The largest absolute Gasteiger partial charge is 0.317 e. The van der Waals surface area contributed by atoms with Crippen molar-refractivity contribution in [1.29, 1.82) is 0 Å². The molecular formula is C12H25BrN2. The molecule has 0 aromatic rings. The maximum atomic E-state index is 3.68. The maximum Gasteiger partial charge on any atom is 0.0160 e. The minimum Gasteiger partial charge on any atom is -0.317 e. The van der Waals surface area contributed by atoms with Gasteiger partial charge < -0.3 is 5.32 Å². The van der Waals surface area contributed by atoms with Crippen molar-refractivity contribution in [2.45, 2.75) is 32.1 Å². The van der Waals surface area contributed by atoms with Crippen LogP contribution in [0.1, 0.15) is 32.1 Å². The van der Waals surface area contributed by atoms with E-state index in [0.717, 1.165) is 6.54 Å². The molecule has 2 rings (SSSR count). The third-order valence-electron chi connectivity index (χ3n) is 2.79. The number of rotatable bonds is 2. The molecule has 2 aliphatic heterocycles. The molecule has 0 amide bonds. The maximum absolute atomic E-state index is 3.68. The van der Waals surface area contributed by atoms with Crippen LogP contribution >= 0.6 is 17.0 Å². The summed E-state index contributed by atoms with van der Waals surface area (Å²) in [5.74, 6) is 0. The normalized spacial score (nSPS) is 21.1. The zero-order chi connectivity index (χ0) is 10.1. The van der Waals surface area contributed by atoms with Gasteiger partial charge in [0.15, 0.2) is 0 Å². The van der Waals surface area contributed by atoms with E-state index in [1.54, 1.807) is 0 Å². The second-order valence-electron chi connectivity index (χ2n) is 4.11. The first-order valence-electron chi connectivity index (χ1n) is 5.97. The number of nitrogens with zero attached hydrogens (tertiary/aromatic N) is 1. The highest BCUT2D eigenvalue weighted by Crippen LogP contribution is 2.05. The summed E-state index contributed by atoms with van der Waals surface area (Å²) >= 11 is 0. The van der Waals surface area contributed by atoms with Gasteiger partial charge in [0.2, 0.25) is 0 Å². The van der Waals surface area contributed by atoms with Gasteiger partial charge in [0.05, 0.1) is 0 Å². The monoisotopic (exact) mass is 276 g/mol. The average molecular weight is 277 g/mol. The second kappa shape index (κ2) is 10.7. The van der Waals surface area contributed by atoms with E-state index in [4.69, 9.17) is 0 Å². The van der Waals surface area contributed by atoms with Crippen LogP contribution in [0.2, 0.25) is 0 Å². The van der Waals surface area contributed by atoms with Crippen molar-refractivity contribution in [2.24, 2.45) is 0 Å². The Bertz CT molecular complexity index is 129. The molecule has 0 radical (unpaired) electrons. The molecule has 0 saturated carbocycles. The minimum atomic E-state index is 0. The van der Waals surface area contributed by atoms with E-state index in [-0.39, 0.29) is 17.0 Å². The molecule has 0 aromatic carbocycles. The highest BCUT2D eigenvalue weighted by atomic mass is 79.9. The molecule has 0 bridgehead atoms. The Hall–Kier alpha value is 0.140. The fraction of sp³-hybridized carbons (Fsp3) is 0.833. The molecule has 15 heavy (non-hydrogen) atoms. The Balaban J connectivity index is 0.000000253. The molecule has 1 N–H and O–H groups in total. The molecule has 90 valence electrons. The number of nitrogens with one attached hydrogen (secondary N) is 1. The fourth-order valence-corrected chi connectivity index (χ4v) is 1.95. The Morgan fingerprint density at radius 1 is 1.00 bits per heavy atom. The van der Waals surface area contributed by atoms with Crippen molar-refractivity contribution in [3.8, 4) is 0 Å². The lowest BCUT2D eigenvalue weighted by atomic mass is 10.2. The molecule has 2 fully saturated rings. The topological polar surface area (TPSA) is 15.3 Å². The van der Waals surface area contributed by atoms with E-state index in [1.807, 2.05) is 6.08 Å². The van der Waals surface area contributed by atoms with Gasteiger partial charge in [-0.05, 0) is 51.9 Å². The first kappa shape index (κ1) is 15.1. The summed E-state index contributed by atoms with van der Waals surface area (Å²) in [6.07, 6.45) is 8.96. The van der Waals surface area contributed by atoms with Crippen molar-refractivity contribution in [3.05, 3.63) is 12.7 Å². The van der Waals surface area contributed by atoms with Gasteiger partial charge in [-0.25, -0.2) is 0 Å². The van der Waals surface area contributed by atoms with E-state index >= 15 is 0 Å². The van der Waals surface area contributed by atoms with E-state index in [0.29, 0.717) is 0 Å². The molecule has 2 saturated heterocycles. The summed E-state index contributed by atoms with van der Waals surface area (Å²) in [6.45, 7) is 9.83. The summed E-state index contributed by atoms with van der Waals surface area (Å²) in [5, 5.41) is 3.28. The summed E-state index contributed by atoms with van der Waals surface area (Å²) in [4.78, 5) is 2.42. The Morgan fingerprint density at radius 2 is 1.60 bits per heavy atom. The number of likely N-dealkylation sites (tertiary alicyclic amines) is 1. The lowest BCUT2D eigenvalue weighted by molar-refractivity contribution is 0.377. The predicted octanol–water partition coefficient (Wildman–Crippen LogP) is 2.61. The van der Waals surface area contributed by atoms with Crippen LogP contribution in [0.3, 0.4) is 0 Å². The molecular weight excluding hydrogens is 252 g/mol. The molecule has 2 aliphatic rings. The standard InChI is InChI=1S/C7H13N.C5H11N.BrH/c1-2-5-8-6-3-4-7-8;1-2-4-6-5-3-1;/h2H,1,3-7H2;6H,1-5H2;1H. The molecule has 2 nitrogen and oxygen atoms in total. The molecule has 0 aliphatic carbocycles. The number of hydrogen-bond donors (Lipinski definition) is 1. The Labute approximate surface area is 105 Å². The number of hydrogen-bond acceptors (Lipinski definition) is 2. The first-order valence-corrected chi connectivity index (χ1v) is 5.97. The van der Waals surface area contributed by atoms with Crippen LogP contribution in [0.15, 0.2) is 12.7 Å². The van der Waals surface area contributed by atoms with Gasteiger partial charge in [0.1, 0.15) is 0 Å². The molecule has 0 spiro atoms. The minimum absolute atomic E-state index is 0. The first-order chi connectivity index (χ1) is 6.93. The van der Waals surface area contributed by atoms with Crippen molar-refractivity contribution in [2.75, 3.05) is 32.7 Å². The number of halogens is 1. The number of piperidine rings is 1. The lowest BCUT2D eigenvalue weighted by Gasteiger charge is -2.09. The SMILES string of the molecule is Br.C1CCNCC1.C=CCN1CCCC1. The highest BCUT2D eigenvalue weighted by Gasteiger charge is 2.07. The van der Waals surface area contributed by atoms with Crippen LogP contribution in [-0.4, -0.2) is 37.6 Å². The lowest BCUT2D eigenvalue weighted by Crippen LogP contribution is -2.21. The van der Waals surface area contributed by atoms with E-state index < -0.39 is 0 Å². The Kier molecular flexibility index (Phi) is 10.8. The van der Waals surface area contributed by atoms with Crippen LogP contribution in [0, 0.1) is 0 Å². The zero-order valence-electron chi connectivity index (χ0n) is 9.71. The molecule has 0 atom stereocenters. The third kappa shape index (κ3) is 8.00. The van der Waals surface area contributed by atoms with Crippen LogP contribution < -0.4 is 5.32 Å². The molecule has 0 aromatic heterocycles. The fourth-order valence-electron chi connectivity index (χ4n) is 1.95. The van der Waals surface area contributed by atoms with Gasteiger partial charge in [-0.1, -0.05) is 12.5 Å². The van der Waals surface area contributed by atoms with Crippen molar-refractivity contribution >= 4 is 17.0 Å². The smallest absolute Gasteiger partial charge is 0.0160 e. The second-order valence-corrected chi connectivity index (χ2v) is 4.11. The quantitative estimate of drug-likeness (QED) is 0.781. The predicted molar refractivity (Wildman–Crippen MR) is 72.9 cm³/mol. The van der Waals surface area contributed by atoms with Crippen LogP contribution in [-0.2, 0) is 0 Å². The van der Waals surface area contributed by atoms with E-state index in [9.17, 15) is 0 Å². The Morgan fingerprint density at radius 3 is 1.93 bits per heavy atom. The summed E-state index contributed by atoms with van der Waals surface area (Å²) in [6, 6.07) is 0. The molecule has 0 unspecified atom stereocenters. The molecule has 3 heteroatoms. The average Bonchev–Trinajstić information content (AvgIpc) is 2.75. The van der Waals surface area contributed by atoms with Gasteiger partial charge in [-0.15, -0.1) is 23.6 Å². The van der Waals surface area contributed by atoms with Crippen molar-refractivity contribution in [3.63, 3.8) is 0 Å². The molecule has 2 heterocycles. The van der Waals surface area contributed by atoms with Gasteiger partial charge in [-0.2, -0.15) is 0 Å². The van der Waals surface area contributed by atoms with E-state index in [1.165, 1.54) is 58.3 Å². The summed E-state index contributed by atoms with van der Waals surface area (Å²) in [5.41, 5.74) is 0. The van der Waals surface area contributed by atoms with Gasteiger partial charge >= 0.3 is 0 Å². The summed E-state index contributed by atoms with van der Waals surface area (Å²) < 4.78 is 0. The van der Waals surface area contributed by atoms with Crippen LogP contribution in [0.5, 0.6) is 0 Å². The third-order valence-corrected chi connectivity index (χ3v) is 2.79. The van der Waals surface area contributed by atoms with Gasteiger partial charge in [0.25, 0.3) is 0 Å². The van der Waals surface area contributed by atoms with Crippen molar-refractivity contribution in [1.82, 2.24) is 10.2 Å². The van der Waals surface area contributed by atoms with Crippen molar-refractivity contribution < 1.29 is 0 Å². The van der Waals surface area contributed by atoms with E-state index in [2.05, 4.69) is 16.8 Å². The van der Waals surface area contributed by atoms with Gasteiger partial charge in [-0.3, -0.25) is 4.90 Å². The van der Waals surface area contributed by atoms with Crippen LogP contribution in [0.25, 0.3) is 0 Å². The summed E-state index contributed by atoms with van der Waals surface area (Å²) in [7, 11) is 0. The zero-order valence-corrected chi connectivity index (χ0v) is 11.4. The van der Waals surface area contributed by atoms with Gasteiger partial charge in [0, 0.05) is 6.54 Å². The van der Waals surface area contributed by atoms with Crippen LogP contribution in [0.4, 0.5) is 0 Å².